The van der Waals surface area contributed by atoms with Gasteiger partial charge in [0.05, 0.1) is 4.90 Å². The molecule has 0 spiro atoms. The van der Waals surface area contributed by atoms with Crippen molar-refractivity contribution in [3.8, 4) is 0 Å². The van der Waals surface area contributed by atoms with Crippen LogP contribution in [-0.4, -0.2) is 42.3 Å². The Bertz CT molecular complexity index is 694. The van der Waals surface area contributed by atoms with Crippen LogP contribution < -0.4 is 5.32 Å². The second-order valence-electron chi connectivity index (χ2n) is 4.59. The summed E-state index contributed by atoms with van der Waals surface area (Å²) in [5.74, 6) is 0.550. The van der Waals surface area contributed by atoms with Crippen LogP contribution in [0.2, 0.25) is 0 Å². The first-order valence-corrected chi connectivity index (χ1v) is 8.28. The standard InChI is InChI=1S/C13H16N4O3S/c1-21(19,20)11-6-4-10(5-7-11)13(18)14-8-2-3-12-15-9-16-17-12/h4-7,9H,2-3,8H2,1H3,(H,14,18)(H,15,16,17). The van der Waals surface area contributed by atoms with Gasteiger partial charge in [-0.05, 0) is 30.7 Å². The highest BCUT2D eigenvalue weighted by Crippen LogP contribution is 2.10. The van der Waals surface area contributed by atoms with E-state index in [0.29, 0.717) is 18.5 Å². The van der Waals surface area contributed by atoms with E-state index in [1.165, 1.54) is 30.6 Å². The normalized spacial score (nSPS) is 11.3. The van der Waals surface area contributed by atoms with Gasteiger partial charge in [0.15, 0.2) is 9.84 Å². The van der Waals surface area contributed by atoms with Gasteiger partial charge in [0.1, 0.15) is 12.2 Å². The number of sulfone groups is 1. The fraction of sp³-hybridized carbons (Fsp3) is 0.308. The van der Waals surface area contributed by atoms with Gasteiger partial charge in [0.25, 0.3) is 5.91 Å². The van der Waals surface area contributed by atoms with Crippen molar-refractivity contribution in [3.05, 3.63) is 42.0 Å². The molecule has 112 valence electrons. The zero-order valence-corrected chi connectivity index (χ0v) is 12.4. The van der Waals surface area contributed by atoms with Crippen LogP contribution in [0.3, 0.4) is 0 Å². The number of hydrogen-bond donors (Lipinski definition) is 2. The molecule has 0 aliphatic carbocycles. The van der Waals surface area contributed by atoms with E-state index in [4.69, 9.17) is 0 Å². The van der Waals surface area contributed by atoms with Crippen molar-refractivity contribution in [2.75, 3.05) is 12.8 Å². The van der Waals surface area contributed by atoms with Crippen LogP contribution in [0.25, 0.3) is 0 Å². The molecule has 2 aromatic rings. The van der Waals surface area contributed by atoms with Crippen molar-refractivity contribution < 1.29 is 13.2 Å². The summed E-state index contributed by atoms with van der Waals surface area (Å²) in [6.07, 6.45) is 4.01. The largest absolute Gasteiger partial charge is 0.352 e. The Labute approximate surface area is 122 Å². The van der Waals surface area contributed by atoms with E-state index < -0.39 is 9.84 Å². The van der Waals surface area contributed by atoms with E-state index in [1.807, 2.05) is 0 Å². The highest BCUT2D eigenvalue weighted by molar-refractivity contribution is 7.90. The van der Waals surface area contributed by atoms with Gasteiger partial charge in [0.2, 0.25) is 0 Å². The van der Waals surface area contributed by atoms with Gasteiger partial charge in [0, 0.05) is 24.8 Å². The summed E-state index contributed by atoms with van der Waals surface area (Å²) in [5.41, 5.74) is 0.432. The molecule has 2 rings (SSSR count). The third-order valence-corrected chi connectivity index (χ3v) is 4.01. The summed E-state index contributed by atoms with van der Waals surface area (Å²) in [7, 11) is -3.24. The topological polar surface area (TPSA) is 105 Å². The number of aromatic amines is 1. The first-order chi connectivity index (χ1) is 9.97. The highest BCUT2D eigenvalue weighted by atomic mass is 32.2. The number of carbonyl (C=O) groups excluding carboxylic acids is 1. The zero-order valence-electron chi connectivity index (χ0n) is 11.5. The van der Waals surface area contributed by atoms with Crippen molar-refractivity contribution in [1.29, 1.82) is 0 Å². The van der Waals surface area contributed by atoms with E-state index in [-0.39, 0.29) is 10.8 Å². The number of amides is 1. The van der Waals surface area contributed by atoms with Crippen molar-refractivity contribution in [2.24, 2.45) is 0 Å². The highest BCUT2D eigenvalue weighted by Gasteiger charge is 2.09. The molecule has 1 aromatic heterocycles. The van der Waals surface area contributed by atoms with E-state index in [1.54, 1.807) is 0 Å². The number of carbonyl (C=O) groups is 1. The first kappa shape index (κ1) is 15.2. The molecule has 0 aliphatic rings. The van der Waals surface area contributed by atoms with E-state index in [2.05, 4.69) is 20.5 Å². The molecule has 0 unspecified atom stereocenters. The predicted octanol–water partition coefficient (Wildman–Crippen LogP) is 0.571. The van der Waals surface area contributed by atoms with Crippen LogP contribution in [0.4, 0.5) is 0 Å². The number of nitrogens with zero attached hydrogens (tertiary/aromatic N) is 2. The Morgan fingerprint density at radius 2 is 2.00 bits per heavy atom. The molecule has 0 saturated carbocycles. The second-order valence-corrected chi connectivity index (χ2v) is 6.60. The van der Waals surface area contributed by atoms with Crippen molar-refractivity contribution in [2.45, 2.75) is 17.7 Å². The lowest BCUT2D eigenvalue weighted by molar-refractivity contribution is 0.0953. The summed E-state index contributed by atoms with van der Waals surface area (Å²) < 4.78 is 22.6. The van der Waals surface area contributed by atoms with Crippen LogP contribution in [0.1, 0.15) is 22.6 Å². The molecule has 0 radical (unpaired) electrons. The molecular formula is C13H16N4O3S. The SMILES string of the molecule is CS(=O)(=O)c1ccc(C(=O)NCCCc2ncn[nH]2)cc1. The molecule has 0 fully saturated rings. The molecule has 0 bridgehead atoms. The maximum absolute atomic E-state index is 11.9. The molecule has 1 heterocycles. The number of aryl methyl sites for hydroxylation is 1. The Kier molecular flexibility index (Phi) is 4.69. The van der Waals surface area contributed by atoms with Gasteiger partial charge < -0.3 is 5.32 Å². The summed E-state index contributed by atoms with van der Waals surface area (Å²) in [6, 6.07) is 5.86. The summed E-state index contributed by atoms with van der Waals surface area (Å²) in [6.45, 7) is 0.507. The van der Waals surface area contributed by atoms with Crippen LogP contribution in [-0.2, 0) is 16.3 Å². The van der Waals surface area contributed by atoms with E-state index in [0.717, 1.165) is 18.5 Å². The number of rotatable bonds is 6. The molecule has 7 nitrogen and oxygen atoms in total. The van der Waals surface area contributed by atoms with Crippen molar-refractivity contribution in [1.82, 2.24) is 20.5 Å². The van der Waals surface area contributed by atoms with E-state index >= 15 is 0 Å². The molecule has 1 aromatic carbocycles. The molecule has 21 heavy (non-hydrogen) atoms. The fourth-order valence-electron chi connectivity index (χ4n) is 1.76. The van der Waals surface area contributed by atoms with Gasteiger partial charge in [-0.1, -0.05) is 0 Å². The number of nitrogens with one attached hydrogen (secondary N) is 2. The van der Waals surface area contributed by atoms with Crippen LogP contribution in [0, 0.1) is 0 Å². The minimum Gasteiger partial charge on any atom is -0.352 e. The Morgan fingerprint density at radius 3 is 2.57 bits per heavy atom. The van der Waals surface area contributed by atoms with Gasteiger partial charge in [-0.3, -0.25) is 9.89 Å². The lowest BCUT2D eigenvalue weighted by atomic mass is 10.2. The average molecular weight is 308 g/mol. The molecular weight excluding hydrogens is 292 g/mol. The molecule has 0 atom stereocenters. The first-order valence-electron chi connectivity index (χ1n) is 6.39. The van der Waals surface area contributed by atoms with Gasteiger partial charge in [-0.2, -0.15) is 5.10 Å². The summed E-state index contributed by atoms with van der Waals surface area (Å²) >= 11 is 0. The van der Waals surface area contributed by atoms with Crippen LogP contribution in [0.15, 0.2) is 35.5 Å². The lowest BCUT2D eigenvalue weighted by Gasteiger charge is -2.05. The second kappa shape index (κ2) is 6.49. The zero-order chi connectivity index (χ0) is 15.3. The van der Waals surface area contributed by atoms with Gasteiger partial charge >= 0.3 is 0 Å². The van der Waals surface area contributed by atoms with Crippen LogP contribution in [0.5, 0.6) is 0 Å². The average Bonchev–Trinajstić information content (AvgIpc) is 2.96. The van der Waals surface area contributed by atoms with Crippen molar-refractivity contribution >= 4 is 15.7 Å². The Balaban J connectivity index is 1.83. The third kappa shape index (κ3) is 4.38. The maximum Gasteiger partial charge on any atom is 0.251 e. The van der Waals surface area contributed by atoms with E-state index in [9.17, 15) is 13.2 Å². The van der Waals surface area contributed by atoms with Crippen LogP contribution >= 0.6 is 0 Å². The fourth-order valence-corrected chi connectivity index (χ4v) is 2.40. The van der Waals surface area contributed by atoms with Gasteiger partial charge in [-0.15, -0.1) is 0 Å². The monoisotopic (exact) mass is 308 g/mol. The summed E-state index contributed by atoms with van der Waals surface area (Å²) in [4.78, 5) is 16.1. The Morgan fingerprint density at radius 1 is 1.29 bits per heavy atom. The van der Waals surface area contributed by atoms with Gasteiger partial charge in [-0.25, -0.2) is 13.4 Å². The Hall–Kier alpha value is -2.22. The number of aromatic nitrogens is 3. The molecule has 1 amide bonds. The molecule has 0 aliphatic heterocycles. The smallest absolute Gasteiger partial charge is 0.251 e. The minimum atomic E-state index is -3.24. The molecule has 2 N–H and O–H groups in total. The minimum absolute atomic E-state index is 0.198. The molecule has 8 heteroatoms. The number of benzene rings is 1. The third-order valence-electron chi connectivity index (χ3n) is 2.89. The maximum atomic E-state index is 11.9. The summed E-state index contributed by atoms with van der Waals surface area (Å²) in [5, 5.41) is 9.25. The lowest BCUT2D eigenvalue weighted by Crippen LogP contribution is -2.24. The predicted molar refractivity (Wildman–Crippen MR) is 76.6 cm³/mol. The number of H-pyrrole nitrogens is 1. The molecule has 0 saturated heterocycles. The quantitative estimate of drug-likeness (QED) is 0.759. The number of hydrogen-bond acceptors (Lipinski definition) is 5. The van der Waals surface area contributed by atoms with Crippen molar-refractivity contribution in [3.63, 3.8) is 0 Å².